The van der Waals surface area contributed by atoms with Crippen molar-refractivity contribution in [2.45, 2.75) is 154 Å². The van der Waals surface area contributed by atoms with Crippen LogP contribution in [0.1, 0.15) is 142 Å². The minimum atomic E-state index is -4.19. The largest absolute Gasteiger partial charge is 1.00 e. The average Bonchev–Trinajstić information content (AvgIpc) is 2.67. The summed E-state index contributed by atoms with van der Waals surface area (Å²) in [4.78, 5) is 0. The molecule has 0 spiro atoms. The maximum absolute atomic E-state index is 11.4. The quantitative estimate of drug-likeness (QED) is 0.146. The molecule has 0 aliphatic rings. The van der Waals surface area contributed by atoms with Gasteiger partial charge in [-0.3, -0.25) is 0 Å². The Hall–Kier alpha value is 1.51. The molecule has 0 aromatic rings. The minimum absolute atomic E-state index is 0. The molecule has 0 amide bonds. The van der Waals surface area contributed by atoms with Gasteiger partial charge in [-0.15, -0.1) is 0 Å². The molecule has 0 aromatic carbocycles. The second-order valence-corrected chi connectivity index (χ2v) is 10.5. The Morgan fingerprint density at radius 3 is 1.33 bits per heavy atom. The van der Waals surface area contributed by atoms with Crippen molar-refractivity contribution in [1.29, 1.82) is 0 Å². The Labute approximate surface area is 230 Å². The molecule has 2 unspecified atom stereocenters. The molecule has 0 aliphatic carbocycles. The van der Waals surface area contributed by atoms with Gasteiger partial charge >= 0.3 is 51.4 Å². The molecule has 0 saturated carbocycles. The van der Waals surface area contributed by atoms with Gasteiger partial charge in [0, 0.05) is 5.25 Å². The van der Waals surface area contributed by atoms with Gasteiger partial charge in [-0.1, -0.05) is 117 Å². The van der Waals surface area contributed by atoms with Crippen molar-refractivity contribution in [3.05, 3.63) is 0 Å². The van der Waals surface area contributed by atoms with Gasteiger partial charge in [0.15, 0.2) is 0 Å². The molecule has 0 bridgehead atoms. The molecule has 0 rings (SSSR count). The van der Waals surface area contributed by atoms with E-state index >= 15 is 0 Å². The van der Waals surface area contributed by atoms with Crippen LogP contribution in [0, 0.1) is 0 Å². The van der Waals surface area contributed by atoms with Gasteiger partial charge in [0.1, 0.15) is 0 Å². The zero-order valence-electron chi connectivity index (χ0n) is 20.4. The average molecular weight is 473 g/mol. The zero-order chi connectivity index (χ0) is 21.8. The summed E-state index contributed by atoms with van der Waals surface area (Å²) < 4.78 is 34.1. The van der Waals surface area contributed by atoms with Crippen LogP contribution in [0.4, 0.5) is 0 Å². The van der Waals surface area contributed by atoms with Crippen molar-refractivity contribution in [3.63, 3.8) is 0 Å². The van der Waals surface area contributed by atoms with Gasteiger partial charge < -0.3 is 9.66 Å². The molecule has 176 valence electrons. The second kappa shape index (κ2) is 23.7. The van der Waals surface area contributed by atoms with Crippen LogP contribution in [-0.4, -0.2) is 29.4 Å². The SMILES string of the molecule is CCCCCCCCCCCCCC(O)CCCCC(CCCCC)S(=O)(=O)[O-].[K+]. The van der Waals surface area contributed by atoms with Gasteiger partial charge in [-0.05, 0) is 25.7 Å². The first-order chi connectivity index (χ1) is 13.9. The second-order valence-electron chi connectivity index (χ2n) is 8.87. The van der Waals surface area contributed by atoms with E-state index < -0.39 is 15.4 Å². The summed E-state index contributed by atoms with van der Waals surface area (Å²) >= 11 is 0. The van der Waals surface area contributed by atoms with E-state index in [0.717, 1.165) is 44.9 Å². The molecule has 1 N–H and O–H groups in total. The maximum Gasteiger partial charge on any atom is 1.00 e. The van der Waals surface area contributed by atoms with E-state index in [2.05, 4.69) is 13.8 Å². The van der Waals surface area contributed by atoms with E-state index in [1.807, 2.05) is 0 Å². The summed E-state index contributed by atoms with van der Waals surface area (Å²) in [5, 5.41) is 9.37. The summed E-state index contributed by atoms with van der Waals surface area (Å²) in [6.45, 7) is 4.32. The van der Waals surface area contributed by atoms with Crippen LogP contribution >= 0.6 is 0 Å². The van der Waals surface area contributed by atoms with Crippen LogP contribution in [0.15, 0.2) is 0 Å². The summed E-state index contributed by atoms with van der Waals surface area (Å²) in [6.07, 6.45) is 21.0. The van der Waals surface area contributed by atoms with Crippen molar-refractivity contribution in [2.75, 3.05) is 0 Å². The van der Waals surface area contributed by atoms with E-state index in [1.54, 1.807) is 0 Å². The third kappa shape index (κ3) is 22.7. The number of hydrogen-bond acceptors (Lipinski definition) is 4. The summed E-state index contributed by atoms with van der Waals surface area (Å²) in [6, 6.07) is 0. The fraction of sp³-hybridized carbons (Fsp3) is 1.00. The molecule has 0 fully saturated rings. The first-order valence-corrected chi connectivity index (χ1v) is 14.0. The van der Waals surface area contributed by atoms with Crippen molar-refractivity contribution in [3.8, 4) is 0 Å². The zero-order valence-corrected chi connectivity index (χ0v) is 24.3. The molecule has 0 heterocycles. The monoisotopic (exact) mass is 472 g/mol. The predicted molar refractivity (Wildman–Crippen MR) is 123 cm³/mol. The van der Waals surface area contributed by atoms with Crippen LogP contribution in [0.5, 0.6) is 0 Å². The Balaban J connectivity index is 0. The van der Waals surface area contributed by atoms with Crippen molar-refractivity contribution in [1.82, 2.24) is 0 Å². The summed E-state index contributed by atoms with van der Waals surface area (Å²) in [7, 11) is -4.19. The molecule has 0 radical (unpaired) electrons. The van der Waals surface area contributed by atoms with Crippen molar-refractivity contribution < 1.29 is 69.5 Å². The van der Waals surface area contributed by atoms with Crippen LogP contribution in [0.25, 0.3) is 0 Å². The van der Waals surface area contributed by atoms with Crippen LogP contribution in [-0.2, 0) is 10.1 Å². The summed E-state index contributed by atoms with van der Waals surface area (Å²) in [5.41, 5.74) is 0. The standard InChI is InChI=1S/C24H50O4S.K/c1-3-5-7-8-9-10-11-12-13-14-16-19-23(25)20-17-18-22-24(29(26,27)28)21-15-6-4-2;/h23-25H,3-22H2,1-2H3,(H,26,27,28);/q;+1/p-1. The number of unbranched alkanes of at least 4 members (excludes halogenated alkanes) is 13. The number of rotatable bonds is 22. The predicted octanol–water partition coefficient (Wildman–Crippen LogP) is 4.11. The molecule has 30 heavy (non-hydrogen) atoms. The molecular weight excluding hydrogens is 423 g/mol. The molecule has 4 nitrogen and oxygen atoms in total. The van der Waals surface area contributed by atoms with E-state index in [1.165, 1.54) is 64.2 Å². The van der Waals surface area contributed by atoms with Crippen molar-refractivity contribution in [2.24, 2.45) is 0 Å². The molecule has 6 heteroatoms. The van der Waals surface area contributed by atoms with E-state index in [-0.39, 0.29) is 57.5 Å². The number of aliphatic hydroxyl groups excluding tert-OH is 1. The first-order valence-electron chi connectivity index (χ1n) is 12.5. The number of aliphatic hydroxyl groups is 1. The van der Waals surface area contributed by atoms with E-state index in [9.17, 15) is 18.1 Å². The van der Waals surface area contributed by atoms with Gasteiger partial charge in [-0.2, -0.15) is 0 Å². The molecular formula is C24H49KO4S. The minimum Gasteiger partial charge on any atom is -0.748 e. The van der Waals surface area contributed by atoms with Gasteiger partial charge in [0.2, 0.25) is 0 Å². The Morgan fingerprint density at radius 2 is 0.900 bits per heavy atom. The fourth-order valence-electron chi connectivity index (χ4n) is 4.00. The molecule has 0 aromatic heterocycles. The molecule has 0 aliphatic heterocycles. The van der Waals surface area contributed by atoms with E-state index in [0.29, 0.717) is 19.3 Å². The molecule has 2 atom stereocenters. The topological polar surface area (TPSA) is 77.4 Å². The smallest absolute Gasteiger partial charge is 0.748 e. The van der Waals surface area contributed by atoms with Gasteiger partial charge in [0.05, 0.1) is 16.2 Å². The molecule has 0 saturated heterocycles. The van der Waals surface area contributed by atoms with Crippen LogP contribution in [0.2, 0.25) is 0 Å². The van der Waals surface area contributed by atoms with Gasteiger partial charge in [-0.25, -0.2) is 8.42 Å². The summed E-state index contributed by atoms with van der Waals surface area (Å²) in [5.74, 6) is 0. The number of hydrogen-bond donors (Lipinski definition) is 1. The van der Waals surface area contributed by atoms with Crippen LogP contribution < -0.4 is 51.4 Å². The third-order valence-electron chi connectivity index (χ3n) is 5.99. The normalized spacial score (nSPS) is 13.7. The maximum atomic E-state index is 11.4. The van der Waals surface area contributed by atoms with Crippen molar-refractivity contribution >= 4 is 10.1 Å². The Morgan fingerprint density at radius 1 is 0.600 bits per heavy atom. The van der Waals surface area contributed by atoms with Gasteiger partial charge in [0.25, 0.3) is 0 Å². The first kappa shape index (κ1) is 33.7. The fourth-order valence-corrected chi connectivity index (χ4v) is 4.91. The van der Waals surface area contributed by atoms with Crippen LogP contribution in [0.3, 0.4) is 0 Å². The Kier molecular flexibility index (Phi) is 26.6. The van der Waals surface area contributed by atoms with E-state index in [4.69, 9.17) is 0 Å². The third-order valence-corrected chi connectivity index (χ3v) is 7.28. The Bertz CT molecular complexity index is 442.